The summed E-state index contributed by atoms with van der Waals surface area (Å²) in [6.45, 7) is 5.88. The Hall–Kier alpha value is -0.780. The smallest absolute Gasteiger partial charge is 0.252 e. The van der Waals surface area contributed by atoms with E-state index in [9.17, 15) is 4.79 Å². The van der Waals surface area contributed by atoms with Gasteiger partial charge in [0, 0.05) is 9.11 Å². The number of carbonyl (C=O) groups is 1. The van der Waals surface area contributed by atoms with Gasteiger partial charge in [0.05, 0.1) is 12.7 Å². The van der Waals surface area contributed by atoms with Crippen LogP contribution in [0.1, 0.15) is 31.1 Å². The minimum atomic E-state index is -0.222. The van der Waals surface area contributed by atoms with Gasteiger partial charge in [-0.15, -0.1) is 0 Å². The topological polar surface area (TPSA) is 38.3 Å². The van der Waals surface area contributed by atoms with E-state index in [2.05, 4.69) is 27.9 Å². The average molecular weight is 333 g/mol. The van der Waals surface area contributed by atoms with Gasteiger partial charge in [0.1, 0.15) is 5.75 Å². The zero-order valence-electron chi connectivity index (χ0n) is 9.93. The van der Waals surface area contributed by atoms with Crippen molar-refractivity contribution in [2.45, 2.75) is 26.3 Å². The predicted octanol–water partition coefficient (Wildman–Crippen LogP) is 2.83. The standard InChI is InChI=1S/C12H16INO2/c1-12(2,3)14-11(15)9-6-5-8(16-4)7-10(9)13/h5-7H,1-4H3,(H,14,15). The molecule has 1 N–H and O–H groups in total. The van der Waals surface area contributed by atoms with E-state index in [1.54, 1.807) is 19.2 Å². The SMILES string of the molecule is COc1ccc(C(=O)NC(C)(C)C)c(I)c1. The number of rotatable bonds is 2. The van der Waals surface area contributed by atoms with Crippen molar-refractivity contribution in [3.05, 3.63) is 27.3 Å². The maximum absolute atomic E-state index is 11.9. The molecular weight excluding hydrogens is 317 g/mol. The molecule has 1 amide bonds. The molecule has 0 atom stereocenters. The summed E-state index contributed by atoms with van der Waals surface area (Å²) in [6.07, 6.45) is 0. The fraction of sp³-hybridized carbons (Fsp3) is 0.417. The van der Waals surface area contributed by atoms with E-state index >= 15 is 0 Å². The highest BCUT2D eigenvalue weighted by Gasteiger charge is 2.17. The predicted molar refractivity (Wildman–Crippen MR) is 72.9 cm³/mol. The number of nitrogens with one attached hydrogen (secondary N) is 1. The van der Waals surface area contributed by atoms with Gasteiger partial charge in [-0.3, -0.25) is 4.79 Å². The summed E-state index contributed by atoms with van der Waals surface area (Å²) in [5, 5.41) is 2.93. The Balaban J connectivity index is 2.93. The molecule has 0 fully saturated rings. The van der Waals surface area contributed by atoms with Crippen LogP contribution in [0.5, 0.6) is 5.75 Å². The number of methoxy groups -OCH3 is 1. The molecule has 1 aromatic carbocycles. The van der Waals surface area contributed by atoms with Crippen LogP contribution in [0.2, 0.25) is 0 Å². The summed E-state index contributed by atoms with van der Waals surface area (Å²) in [5.74, 6) is 0.705. The second-order valence-electron chi connectivity index (χ2n) is 4.55. The van der Waals surface area contributed by atoms with Crippen LogP contribution < -0.4 is 10.1 Å². The van der Waals surface area contributed by atoms with Crippen LogP contribution in [-0.2, 0) is 0 Å². The molecule has 0 saturated heterocycles. The minimum Gasteiger partial charge on any atom is -0.497 e. The molecular formula is C12H16INO2. The lowest BCUT2D eigenvalue weighted by molar-refractivity contribution is 0.0918. The third kappa shape index (κ3) is 3.66. The molecule has 16 heavy (non-hydrogen) atoms. The summed E-state index contributed by atoms with van der Waals surface area (Å²) in [4.78, 5) is 11.9. The van der Waals surface area contributed by atoms with Crippen LogP contribution in [0.15, 0.2) is 18.2 Å². The lowest BCUT2D eigenvalue weighted by atomic mass is 10.1. The molecule has 0 aliphatic heterocycles. The highest BCUT2D eigenvalue weighted by Crippen LogP contribution is 2.20. The van der Waals surface area contributed by atoms with Gasteiger partial charge in [-0.1, -0.05) is 0 Å². The number of halogens is 1. The summed E-state index contributed by atoms with van der Waals surface area (Å²) < 4.78 is 5.98. The van der Waals surface area contributed by atoms with Crippen molar-refractivity contribution in [1.82, 2.24) is 5.32 Å². The maximum Gasteiger partial charge on any atom is 0.252 e. The van der Waals surface area contributed by atoms with Crippen molar-refractivity contribution in [3.63, 3.8) is 0 Å². The van der Waals surface area contributed by atoms with Gasteiger partial charge in [-0.2, -0.15) is 0 Å². The van der Waals surface area contributed by atoms with Crippen molar-refractivity contribution >= 4 is 28.5 Å². The molecule has 1 rings (SSSR count). The third-order valence-corrected chi connectivity index (χ3v) is 2.80. The zero-order chi connectivity index (χ0) is 12.3. The van der Waals surface area contributed by atoms with Gasteiger partial charge in [0.15, 0.2) is 0 Å². The Morgan fingerprint density at radius 3 is 2.44 bits per heavy atom. The number of hydrogen-bond donors (Lipinski definition) is 1. The number of ether oxygens (including phenoxy) is 1. The summed E-state index contributed by atoms with van der Waals surface area (Å²) in [5.41, 5.74) is 0.455. The molecule has 0 aliphatic carbocycles. The fourth-order valence-corrected chi connectivity index (χ4v) is 1.95. The molecule has 0 saturated carbocycles. The van der Waals surface area contributed by atoms with E-state index in [1.165, 1.54) is 0 Å². The van der Waals surface area contributed by atoms with Crippen LogP contribution in [0.25, 0.3) is 0 Å². The second kappa shape index (κ2) is 5.03. The second-order valence-corrected chi connectivity index (χ2v) is 5.71. The van der Waals surface area contributed by atoms with Gasteiger partial charge < -0.3 is 10.1 Å². The maximum atomic E-state index is 11.9. The summed E-state index contributed by atoms with van der Waals surface area (Å²) in [6, 6.07) is 5.42. The van der Waals surface area contributed by atoms with Gasteiger partial charge in [-0.25, -0.2) is 0 Å². The zero-order valence-corrected chi connectivity index (χ0v) is 12.1. The lowest BCUT2D eigenvalue weighted by Gasteiger charge is -2.21. The normalized spacial score (nSPS) is 11.1. The van der Waals surface area contributed by atoms with Gasteiger partial charge in [0.2, 0.25) is 0 Å². The molecule has 4 heteroatoms. The largest absolute Gasteiger partial charge is 0.497 e. The van der Waals surface area contributed by atoms with Crippen molar-refractivity contribution < 1.29 is 9.53 Å². The molecule has 88 valence electrons. The van der Waals surface area contributed by atoms with E-state index < -0.39 is 0 Å². The number of carbonyl (C=O) groups excluding carboxylic acids is 1. The quantitative estimate of drug-likeness (QED) is 0.846. The first kappa shape index (κ1) is 13.3. The number of hydrogen-bond acceptors (Lipinski definition) is 2. The molecule has 3 nitrogen and oxygen atoms in total. The monoisotopic (exact) mass is 333 g/mol. The van der Waals surface area contributed by atoms with Crippen molar-refractivity contribution in [2.24, 2.45) is 0 Å². The molecule has 0 unspecified atom stereocenters. The highest BCUT2D eigenvalue weighted by atomic mass is 127. The Morgan fingerprint density at radius 2 is 2.00 bits per heavy atom. The Kier molecular flexibility index (Phi) is 4.18. The molecule has 0 radical (unpaired) electrons. The molecule has 0 aromatic heterocycles. The van der Waals surface area contributed by atoms with Crippen LogP contribution >= 0.6 is 22.6 Å². The first-order chi connectivity index (χ1) is 7.33. The first-order valence-electron chi connectivity index (χ1n) is 4.99. The molecule has 0 bridgehead atoms. The van der Waals surface area contributed by atoms with E-state index in [-0.39, 0.29) is 11.4 Å². The van der Waals surface area contributed by atoms with Crippen molar-refractivity contribution in [2.75, 3.05) is 7.11 Å². The van der Waals surface area contributed by atoms with Crippen LogP contribution in [-0.4, -0.2) is 18.6 Å². The lowest BCUT2D eigenvalue weighted by Crippen LogP contribution is -2.40. The van der Waals surface area contributed by atoms with E-state index in [1.807, 2.05) is 26.8 Å². The molecule has 0 heterocycles. The Morgan fingerprint density at radius 1 is 1.38 bits per heavy atom. The van der Waals surface area contributed by atoms with E-state index in [0.717, 1.165) is 9.32 Å². The minimum absolute atomic E-state index is 0.0560. The van der Waals surface area contributed by atoms with Gasteiger partial charge in [0.25, 0.3) is 5.91 Å². The third-order valence-electron chi connectivity index (χ3n) is 1.91. The number of benzene rings is 1. The van der Waals surface area contributed by atoms with Crippen LogP contribution in [0.3, 0.4) is 0 Å². The highest BCUT2D eigenvalue weighted by molar-refractivity contribution is 14.1. The fourth-order valence-electron chi connectivity index (χ4n) is 1.21. The Labute approximate surface area is 110 Å². The average Bonchev–Trinajstić information content (AvgIpc) is 2.14. The first-order valence-corrected chi connectivity index (χ1v) is 6.07. The van der Waals surface area contributed by atoms with Crippen LogP contribution in [0.4, 0.5) is 0 Å². The Bertz CT molecular complexity index is 396. The molecule has 0 aliphatic rings. The van der Waals surface area contributed by atoms with Gasteiger partial charge in [-0.05, 0) is 61.6 Å². The van der Waals surface area contributed by atoms with Crippen molar-refractivity contribution in [1.29, 1.82) is 0 Å². The molecule has 1 aromatic rings. The van der Waals surface area contributed by atoms with Crippen LogP contribution in [0, 0.1) is 3.57 Å². The van der Waals surface area contributed by atoms with E-state index in [0.29, 0.717) is 5.56 Å². The summed E-state index contributed by atoms with van der Waals surface area (Å²) >= 11 is 2.14. The van der Waals surface area contributed by atoms with Gasteiger partial charge >= 0.3 is 0 Å². The van der Waals surface area contributed by atoms with E-state index in [4.69, 9.17) is 4.74 Å². The summed E-state index contributed by atoms with van der Waals surface area (Å²) in [7, 11) is 1.61. The molecule has 0 spiro atoms. The number of amides is 1. The van der Waals surface area contributed by atoms with Crippen molar-refractivity contribution in [3.8, 4) is 5.75 Å².